The highest BCUT2D eigenvalue weighted by molar-refractivity contribution is 5.07. The van der Waals surface area contributed by atoms with Crippen molar-refractivity contribution < 1.29 is 57.1 Å². The maximum absolute atomic E-state index is 13.0. The van der Waals surface area contributed by atoms with Crippen molar-refractivity contribution in [2.75, 3.05) is 0 Å². The van der Waals surface area contributed by atoms with E-state index in [1.807, 2.05) is 0 Å². The third-order valence-corrected chi connectivity index (χ3v) is 2.27. The summed E-state index contributed by atoms with van der Waals surface area (Å²) < 4.78 is 157. The Balaban J connectivity index is 5.96. The van der Waals surface area contributed by atoms with Gasteiger partial charge in [-0.15, -0.1) is 0 Å². The van der Waals surface area contributed by atoms with Crippen LogP contribution in [0, 0.1) is 5.92 Å². The maximum Gasteiger partial charge on any atom is 0.431 e. The zero-order valence-electron chi connectivity index (χ0n) is 9.20. The molecule has 0 bridgehead atoms. The van der Waals surface area contributed by atoms with Crippen molar-refractivity contribution in [1.29, 1.82) is 0 Å². The molecule has 0 N–H and O–H groups in total. The molecule has 0 aromatic rings. The summed E-state index contributed by atoms with van der Waals surface area (Å²) in [6, 6.07) is 0. The summed E-state index contributed by atoms with van der Waals surface area (Å²) in [5.41, 5.74) is -6.51. The van der Waals surface area contributed by atoms with Crippen LogP contribution in [0.2, 0.25) is 0 Å². The van der Waals surface area contributed by atoms with Crippen LogP contribution in [0.3, 0.4) is 0 Å². The van der Waals surface area contributed by atoms with E-state index in [9.17, 15) is 57.1 Å². The molecule has 1 atom stereocenters. The predicted molar refractivity (Wildman–Crippen MR) is 40.5 cm³/mol. The van der Waals surface area contributed by atoms with E-state index < -0.39 is 48.4 Å². The van der Waals surface area contributed by atoms with Gasteiger partial charge in [-0.25, -0.2) is 8.78 Å². The minimum absolute atomic E-state index is 3.61. The third kappa shape index (κ3) is 4.15. The molecular formula is C8H3F13. The van der Waals surface area contributed by atoms with Crippen LogP contribution in [-0.2, 0) is 0 Å². The van der Waals surface area contributed by atoms with E-state index in [1.54, 1.807) is 0 Å². The van der Waals surface area contributed by atoms with Gasteiger partial charge in [0.05, 0.1) is 0 Å². The fourth-order valence-corrected chi connectivity index (χ4v) is 1.15. The van der Waals surface area contributed by atoms with E-state index in [0.717, 1.165) is 0 Å². The van der Waals surface area contributed by atoms with E-state index >= 15 is 0 Å². The van der Waals surface area contributed by atoms with Crippen LogP contribution in [-0.4, -0.2) is 24.2 Å². The molecule has 0 rings (SSSR count). The molecule has 0 heterocycles. The maximum atomic E-state index is 13.0. The fourth-order valence-electron chi connectivity index (χ4n) is 1.15. The minimum Gasteiger partial charge on any atom is -0.224 e. The van der Waals surface area contributed by atoms with Crippen LogP contribution >= 0.6 is 0 Å². The molecule has 0 amide bonds. The largest absolute Gasteiger partial charge is 0.431 e. The second kappa shape index (κ2) is 5.55. The zero-order valence-corrected chi connectivity index (χ0v) is 9.20. The number of hydrogen-bond donors (Lipinski definition) is 0. The van der Waals surface area contributed by atoms with E-state index in [2.05, 4.69) is 0 Å². The summed E-state index contributed by atoms with van der Waals surface area (Å²) >= 11 is 0. The van der Waals surface area contributed by atoms with E-state index in [4.69, 9.17) is 0 Å². The molecule has 0 spiro atoms. The lowest BCUT2D eigenvalue weighted by atomic mass is 9.89. The first-order chi connectivity index (χ1) is 8.95. The van der Waals surface area contributed by atoms with Crippen LogP contribution < -0.4 is 0 Å². The molecule has 13 heteroatoms. The Kier molecular flexibility index (Phi) is 5.24. The van der Waals surface area contributed by atoms with Gasteiger partial charge in [0.15, 0.2) is 5.83 Å². The first kappa shape index (κ1) is 19.8. The smallest absolute Gasteiger partial charge is 0.224 e. The molecule has 1 unspecified atom stereocenters. The van der Waals surface area contributed by atoms with Crippen LogP contribution in [0.1, 0.15) is 6.42 Å². The van der Waals surface area contributed by atoms with Crippen molar-refractivity contribution in [3.05, 3.63) is 11.9 Å². The fraction of sp³-hybridized carbons (Fsp3) is 0.750. The molecule has 0 aromatic heterocycles. The van der Waals surface area contributed by atoms with Crippen molar-refractivity contribution in [2.24, 2.45) is 5.92 Å². The van der Waals surface area contributed by atoms with E-state index in [0.29, 0.717) is 0 Å². The average molecular weight is 346 g/mol. The summed E-state index contributed by atoms with van der Waals surface area (Å²) in [5.74, 6) is -8.21. The van der Waals surface area contributed by atoms with Crippen molar-refractivity contribution >= 4 is 0 Å². The van der Waals surface area contributed by atoms with Gasteiger partial charge in [0.1, 0.15) is 5.92 Å². The lowest BCUT2D eigenvalue weighted by molar-refractivity contribution is -0.351. The molecule has 0 nitrogen and oxygen atoms in total. The normalized spacial score (nSPS) is 15.9. The zero-order chi connectivity index (χ0) is 17.4. The molecule has 0 fully saturated rings. The molecule has 0 aliphatic rings. The topological polar surface area (TPSA) is 0 Å². The second-order valence-corrected chi connectivity index (χ2v) is 3.70. The van der Waals surface area contributed by atoms with Crippen LogP contribution in [0.15, 0.2) is 11.9 Å². The van der Waals surface area contributed by atoms with Crippen LogP contribution in [0.5, 0.6) is 0 Å². The summed E-state index contributed by atoms with van der Waals surface area (Å²) in [7, 11) is 0. The number of rotatable bonds is 3. The van der Waals surface area contributed by atoms with E-state index in [-0.39, 0.29) is 0 Å². The Morgan fingerprint density at radius 1 is 0.667 bits per heavy atom. The van der Waals surface area contributed by atoms with Gasteiger partial charge in [-0.05, 0) is 0 Å². The highest BCUT2D eigenvalue weighted by Gasteiger charge is 2.74. The summed E-state index contributed by atoms with van der Waals surface area (Å²) in [5, 5.41) is 0. The molecule has 0 saturated carbocycles. The lowest BCUT2D eigenvalue weighted by Crippen LogP contribution is -2.55. The van der Waals surface area contributed by atoms with Gasteiger partial charge in [0.25, 0.3) is 5.67 Å². The minimum atomic E-state index is -6.91. The molecule has 0 saturated heterocycles. The highest BCUT2D eigenvalue weighted by Crippen LogP contribution is 2.53. The Labute approximate surface area is 107 Å². The molecule has 0 aliphatic heterocycles. The Hall–Kier alpha value is -1.17. The molecule has 0 radical (unpaired) electrons. The highest BCUT2D eigenvalue weighted by atomic mass is 19.4. The summed E-state index contributed by atoms with van der Waals surface area (Å²) in [6.45, 7) is 0. The van der Waals surface area contributed by atoms with Crippen molar-refractivity contribution in [3.63, 3.8) is 0 Å². The van der Waals surface area contributed by atoms with Gasteiger partial charge >= 0.3 is 24.6 Å². The first-order valence-electron chi connectivity index (χ1n) is 4.55. The van der Waals surface area contributed by atoms with Crippen molar-refractivity contribution in [1.82, 2.24) is 0 Å². The lowest BCUT2D eigenvalue weighted by Gasteiger charge is -2.33. The SMILES string of the molecule is FC(F)=C(F)C(CC(F)(C(F)(F)F)C(F)(F)F)C(F)(F)F. The Morgan fingerprint density at radius 2 is 1.00 bits per heavy atom. The number of allylic oxidation sites excluding steroid dienone is 1. The molecule has 0 aliphatic carbocycles. The van der Waals surface area contributed by atoms with E-state index in [1.165, 1.54) is 0 Å². The Bertz CT molecular complexity index is 376. The number of halogens is 13. The van der Waals surface area contributed by atoms with Crippen molar-refractivity contribution in [3.8, 4) is 0 Å². The third-order valence-electron chi connectivity index (χ3n) is 2.27. The monoisotopic (exact) mass is 346 g/mol. The molecule has 21 heavy (non-hydrogen) atoms. The predicted octanol–water partition coefficient (Wildman–Crippen LogP) is 5.47. The Morgan fingerprint density at radius 3 is 1.19 bits per heavy atom. The molecule has 126 valence electrons. The first-order valence-corrected chi connectivity index (χ1v) is 4.55. The van der Waals surface area contributed by atoms with Gasteiger partial charge in [-0.2, -0.15) is 48.3 Å². The quantitative estimate of drug-likeness (QED) is 0.595. The van der Waals surface area contributed by atoms with Gasteiger partial charge < -0.3 is 0 Å². The van der Waals surface area contributed by atoms with Gasteiger partial charge in [-0.3, -0.25) is 0 Å². The number of alkyl halides is 10. The summed E-state index contributed by atoms with van der Waals surface area (Å²) in [4.78, 5) is 0. The van der Waals surface area contributed by atoms with Gasteiger partial charge in [-0.1, -0.05) is 0 Å². The molecule has 0 aromatic carbocycles. The standard InChI is InChI=1S/C8H3F13/c9-3(4(10)11)2(6(13,14)15)1-5(12,7(16,17)18)8(19,20)21/h2H,1H2. The van der Waals surface area contributed by atoms with Gasteiger partial charge in [0.2, 0.25) is 0 Å². The summed E-state index contributed by atoms with van der Waals surface area (Å²) in [6.07, 6.45) is -27.6. The average Bonchev–Trinajstić information content (AvgIpc) is 2.19. The van der Waals surface area contributed by atoms with Crippen LogP contribution in [0.4, 0.5) is 57.1 Å². The second-order valence-electron chi connectivity index (χ2n) is 3.70. The number of hydrogen-bond acceptors (Lipinski definition) is 0. The van der Waals surface area contributed by atoms with Crippen molar-refractivity contribution in [2.45, 2.75) is 30.6 Å². The van der Waals surface area contributed by atoms with Crippen LogP contribution in [0.25, 0.3) is 0 Å². The molecular weight excluding hydrogens is 343 g/mol. The van der Waals surface area contributed by atoms with Gasteiger partial charge in [0, 0.05) is 6.42 Å².